The summed E-state index contributed by atoms with van der Waals surface area (Å²) in [5, 5.41) is 16.1. The molecule has 6 heteroatoms. The average molecular weight is 250 g/mol. The standard InChI is InChI=1S/C12H15FN4O/c13-8-1-6-11(12(7-8)16-17-14)15-9-2-4-10(18)5-3-9/h1,6-7,9-10,15,18H,2-5H2. The van der Waals surface area contributed by atoms with Crippen molar-refractivity contribution in [2.45, 2.75) is 37.8 Å². The lowest BCUT2D eigenvalue weighted by Crippen LogP contribution is -2.28. The molecule has 1 saturated carbocycles. The third-order valence-corrected chi connectivity index (χ3v) is 3.17. The fourth-order valence-corrected chi connectivity index (χ4v) is 2.20. The maximum absolute atomic E-state index is 13.1. The number of aliphatic hydroxyl groups excluding tert-OH is 1. The average Bonchev–Trinajstić information content (AvgIpc) is 2.36. The highest BCUT2D eigenvalue weighted by Crippen LogP contribution is 2.29. The molecule has 0 bridgehead atoms. The van der Waals surface area contributed by atoms with Crippen molar-refractivity contribution in [3.05, 3.63) is 34.5 Å². The van der Waals surface area contributed by atoms with Crippen LogP contribution in [0.1, 0.15) is 25.7 Å². The second kappa shape index (κ2) is 5.71. The first-order valence-electron chi connectivity index (χ1n) is 5.98. The number of aliphatic hydroxyl groups is 1. The summed E-state index contributed by atoms with van der Waals surface area (Å²) in [5.74, 6) is -0.429. The summed E-state index contributed by atoms with van der Waals surface area (Å²) in [6.07, 6.45) is 3.02. The van der Waals surface area contributed by atoms with Crippen LogP contribution in [0.3, 0.4) is 0 Å². The lowest BCUT2D eigenvalue weighted by atomic mass is 9.93. The van der Waals surface area contributed by atoms with Gasteiger partial charge in [0.05, 0.1) is 11.8 Å². The number of nitrogens with zero attached hydrogens (tertiary/aromatic N) is 3. The Hall–Kier alpha value is -1.78. The van der Waals surface area contributed by atoms with Gasteiger partial charge in [0, 0.05) is 16.6 Å². The highest BCUT2D eigenvalue weighted by Gasteiger charge is 2.19. The molecule has 0 heterocycles. The fourth-order valence-electron chi connectivity index (χ4n) is 2.20. The first-order valence-corrected chi connectivity index (χ1v) is 5.98. The lowest BCUT2D eigenvalue weighted by Gasteiger charge is -2.27. The van der Waals surface area contributed by atoms with Crippen molar-refractivity contribution in [3.63, 3.8) is 0 Å². The van der Waals surface area contributed by atoms with Crippen molar-refractivity contribution in [2.24, 2.45) is 5.11 Å². The van der Waals surface area contributed by atoms with Gasteiger partial charge in [0.1, 0.15) is 5.82 Å². The number of anilines is 1. The van der Waals surface area contributed by atoms with Gasteiger partial charge in [-0.15, -0.1) is 0 Å². The predicted molar refractivity (Wildman–Crippen MR) is 67.1 cm³/mol. The van der Waals surface area contributed by atoms with Gasteiger partial charge in [0.25, 0.3) is 0 Å². The molecular formula is C12H15FN4O. The number of hydrogen-bond acceptors (Lipinski definition) is 3. The Labute approximate surface area is 104 Å². The maximum Gasteiger partial charge on any atom is 0.123 e. The zero-order valence-corrected chi connectivity index (χ0v) is 9.88. The molecule has 0 atom stereocenters. The highest BCUT2D eigenvalue weighted by molar-refractivity contribution is 5.65. The molecule has 0 spiro atoms. The molecule has 0 unspecified atom stereocenters. The molecule has 1 aliphatic carbocycles. The summed E-state index contributed by atoms with van der Waals surface area (Å²) >= 11 is 0. The lowest BCUT2D eigenvalue weighted by molar-refractivity contribution is 0.126. The summed E-state index contributed by atoms with van der Waals surface area (Å²) in [5.41, 5.74) is 9.35. The third kappa shape index (κ3) is 3.12. The third-order valence-electron chi connectivity index (χ3n) is 3.17. The zero-order chi connectivity index (χ0) is 13.0. The number of azide groups is 1. The topological polar surface area (TPSA) is 81.0 Å². The van der Waals surface area contributed by atoms with E-state index >= 15 is 0 Å². The van der Waals surface area contributed by atoms with Gasteiger partial charge in [-0.05, 0) is 49.4 Å². The van der Waals surface area contributed by atoms with E-state index in [4.69, 9.17) is 5.53 Å². The van der Waals surface area contributed by atoms with Gasteiger partial charge in [-0.25, -0.2) is 4.39 Å². The van der Waals surface area contributed by atoms with E-state index in [1.807, 2.05) is 0 Å². The molecule has 2 rings (SSSR count). The second-order valence-electron chi connectivity index (χ2n) is 4.50. The van der Waals surface area contributed by atoms with Crippen molar-refractivity contribution in [1.29, 1.82) is 0 Å². The molecular weight excluding hydrogens is 235 g/mol. The fraction of sp³-hybridized carbons (Fsp3) is 0.500. The van der Waals surface area contributed by atoms with E-state index in [0.29, 0.717) is 5.69 Å². The highest BCUT2D eigenvalue weighted by atomic mass is 19.1. The molecule has 96 valence electrons. The van der Waals surface area contributed by atoms with Gasteiger partial charge in [-0.1, -0.05) is 5.11 Å². The summed E-state index contributed by atoms with van der Waals surface area (Å²) in [6.45, 7) is 0. The summed E-state index contributed by atoms with van der Waals surface area (Å²) in [4.78, 5) is 2.69. The SMILES string of the molecule is [N-]=[N+]=Nc1cc(F)ccc1NC1CCC(O)CC1. The van der Waals surface area contributed by atoms with Crippen LogP contribution < -0.4 is 5.32 Å². The van der Waals surface area contributed by atoms with E-state index in [1.54, 1.807) is 6.07 Å². The van der Waals surface area contributed by atoms with E-state index in [-0.39, 0.29) is 17.8 Å². The predicted octanol–water partition coefficient (Wildman–Crippen LogP) is 3.48. The molecule has 1 fully saturated rings. The Kier molecular flexibility index (Phi) is 4.02. The molecule has 1 aromatic rings. The Morgan fingerprint density at radius 3 is 2.72 bits per heavy atom. The Bertz CT molecular complexity index is 465. The van der Waals surface area contributed by atoms with Crippen molar-refractivity contribution >= 4 is 11.4 Å². The number of rotatable bonds is 3. The van der Waals surface area contributed by atoms with Crippen LogP contribution >= 0.6 is 0 Å². The number of hydrogen-bond donors (Lipinski definition) is 2. The summed E-state index contributed by atoms with van der Waals surface area (Å²) in [6, 6.07) is 4.34. The normalized spacial score (nSPS) is 23.2. The molecule has 0 aliphatic heterocycles. The van der Waals surface area contributed by atoms with E-state index in [2.05, 4.69) is 15.3 Å². The van der Waals surface area contributed by atoms with E-state index in [1.165, 1.54) is 12.1 Å². The molecule has 5 nitrogen and oxygen atoms in total. The van der Waals surface area contributed by atoms with Crippen molar-refractivity contribution in [2.75, 3.05) is 5.32 Å². The summed E-state index contributed by atoms with van der Waals surface area (Å²) < 4.78 is 13.1. The minimum atomic E-state index is -0.429. The molecule has 2 N–H and O–H groups in total. The van der Waals surface area contributed by atoms with Gasteiger partial charge in [0.15, 0.2) is 0 Å². The smallest absolute Gasteiger partial charge is 0.123 e. The quantitative estimate of drug-likeness (QED) is 0.489. The Morgan fingerprint density at radius 1 is 1.33 bits per heavy atom. The number of benzene rings is 1. The molecule has 0 amide bonds. The number of nitrogens with one attached hydrogen (secondary N) is 1. The Morgan fingerprint density at radius 2 is 2.06 bits per heavy atom. The molecule has 18 heavy (non-hydrogen) atoms. The van der Waals surface area contributed by atoms with Crippen LogP contribution in [0.2, 0.25) is 0 Å². The van der Waals surface area contributed by atoms with Crippen molar-refractivity contribution in [1.82, 2.24) is 0 Å². The van der Waals surface area contributed by atoms with E-state index in [9.17, 15) is 9.50 Å². The van der Waals surface area contributed by atoms with Gasteiger partial charge in [-0.3, -0.25) is 0 Å². The summed E-state index contributed by atoms with van der Waals surface area (Å²) in [7, 11) is 0. The van der Waals surface area contributed by atoms with Gasteiger partial charge in [-0.2, -0.15) is 0 Å². The van der Waals surface area contributed by atoms with E-state index < -0.39 is 5.82 Å². The van der Waals surface area contributed by atoms with Crippen molar-refractivity contribution in [3.8, 4) is 0 Å². The monoisotopic (exact) mass is 250 g/mol. The molecule has 1 aromatic carbocycles. The van der Waals surface area contributed by atoms with Crippen LogP contribution in [0.5, 0.6) is 0 Å². The zero-order valence-electron chi connectivity index (χ0n) is 9.88. The maximum atomic E-state index is 13.1. The van der Waals surface area contributed by atoms with Crippen LogP contribution in [0.25, 0.3) is 10.4 Å². The van der Waals surface area contributed by atoms with Gasteiger partial charge < -0.3 is 10.4 Å². The van der Waals surface area contributed by atoms with Crippen LogP contribution in [-0.2, 0) is 0 Å². The van der Waals surface area contributed by atoms with Crippen LogP contribution in [0.4, 0.5) is 15.8 Å². The first-order chi connectivity index (χ1) is 8.69. The molecule has 0 radical (unpaired) electrons. The van der Waals surface area contributed by atoms with Crippen LogP contribution in [-0.4, -0.2) is 17.3 Å². The first kappa shape index (κ1) is 12.7. The van der Waals surface area contributed by atoms with Gasteiger partial charge >= 0.3 is 0 Å². The van der Waals surface area contributed by atoms with E-state index in [0.717, 1.165) is 25.7 Å². The minimum absolute atomic E-state index is 0.215. The minimum Gasteiger partial charge on any atom is -0.393 e. The number of halogens is 1. The van der Waals surface area contributed by atoms with Crippen LogP contribution in [0, 0.1) is 5.82 Å². The second-order valence-corrected chi connectivity index (χ2v) is 4.50. The van der Waals surface area contributed by atoms with Crippen molar-refractivity contribution < 1.29 is 9.50 Å². The van der Waals surface area contributed by atoms with Gasteiger partial charge in [0.2, 0.25) is 0 Å². The van der Waals surface area contributed by atoms with Crippen LogP contribution in [0.15, 0.2) is 23.3 Å². The molecule has 0 aromatic heterocycles. The Balaban J connectivity index is 2.11. The molecule has 1 aliphatic rings. The molecule has 0 saturated heterocycles. The largest absolute Gasteiger partial charge is 0.393 e.